The number of hydrogen-bond acceptors (Lipinski definition) is 13. The average molecular weight is 834 g/mol. The Labute approximate surface area is 348 Å². The zero-order valence-electron chi connectivity index (χ0n) is 37.6. The number of thiocarbonyl (C=S) groups is 1. The van der Waals surface area contributed by atoms with E-state index in [0.29, 0.717) is 38.0 Å². The van der Waals surface area contributed by atoms with Crippen molar-refractivity contribution >= 4 is 23.2 Å². The first-order valence-electron chi connectivity index (χ1n) is 21.3. The van der Waals surface area contributed by atoms with Gasteiger partial charge in [-0.2, -0.15) is 0 Å². The smallest absolute Gasteiger partial charge is 0.311 e. The molecule has 0 bridgehead atoms. The highest BCUT2D eigenvalue weighted by atomic mass is 32.1. The maximum Gasteiger partial charge on any atom is 0.311 e. The van der Waals surface area contributed by atoms with E-state index in [0.717, 1.165) is 4.99 Å². The van der Waals surface area contributed by atoms with Gasteiger partial charge in [0.2, 0.25) is 0 Å². The van der Waals surface area contributed by atoms with E-state index in [-0.39, 0.29) is 36.8 Å². The first kappa shape index (κ1) is 50.3. The van der Waals surface area contributed by atoms with Gasteiger partial charge in [0.15, 0.2) is 12.6 Å². The van der Waals surface area contributed by atoms with Crippen LogP contribution in [0.3, 0.4) is 0 Å². The Morgan fingerprint density at radius 1 is 0.930 bits per heavy atom. The number of aliphatic hydroxyl groups excluding tert-OH is 3. The van der Waals surface area contributed by atoms with E-state index in [9.17, 15) is 25.2 Å². The van der Waals surface area contributed by atoms with Crippen LogP contribution in [0.1, 0.15) is 128 Å². The van der Waals surface area contributed by atoms with E-state index in [1.807, 2.05) is 39.6 Å². The van der Waals surface area contributed by atoms with Crippen molar-refractivity contribution in [3.63, 3.8) is 0 Å². The minimum absolute atomic E-state index is 0.0597. The number of ether oxygens (including phenoxy) is 7. The summed E-state index contributed by atoms with van der Waals surface area (Å²) in [6.07, 6.45) is -5.44. The van der Waals surface area contributed by atoms with Crippen LogP contribution >= 0.6 is 12.2 Å². The number of methoxy groups -OCH3 is 2. The molecule has 0 aromatic carbocycles. The van der Waals surface area contributed by atoms with Gasteiger partial charge < -0.3 is 58.5 Å². The zero-order chi connectivity index (χ0) is 43.4. The molecule has 14 heteroatoms. The lowest BCUT2D eigenvalue weighted by Crippen LogP contribution is -2.61. The standard InChI is InChI=1S/C43H79NO12S/c1-16-31-43(12,49)36(46)25(5)18-17-24(4)21-42(11,51-15)38(56-40-34(45)30(20-26(6)52-40)44(13)32(57)19-23(2)3)27(7)35(28(8)39(48)54-31)55-33-22-41(10,50-14)37(47)29(9)53-33/h23-31,33-38,40,45-47,49H,16-22H2,1-15H3/t24-,25-,26+,27-,28+,29-,30-,31+,33-,34+,35-,36+,37-,38+,40-,41+,42+,43+/m0/s1. The normalized spacial score (nSPS) is 45.8. The number of carbonyl (C=O) groups excluding carboxylic acids is 1. The zero-order valence-corrected chi connectivity index (χ0v) is 38.4. The third-order valence-electron chi connectivity index (χ3n) is 13.4. The molecule has 0 aliphatic carbocycles. The Morgan fingerprint density at radius 3 is 2.11 bits per heavy atom. The molecule has 57 heavy (non-hydrogen) atoms. The highest BCUT2D eigenvalue weighted by Gasteiger charge is 2.53. The fraction of sp³-hybridized carbons (Fsp3) is 0.953. The summed E-state index contributed by atoms with van der Waals surface area (Å²) in [5.74, 6) is -2.14. The second-order valence-electron chi connectivity index (χ2n) is 18.8. The second-order valence-corrected chi connectivity index (χ2v) is 19.3. The average Bonchev–Trinajstić information content (AvgIpc) is 3.14. The highest BCUT2D eigenvalue weighted by molar-refractivity contribution is 7.80. The van der Waals surface area contributed by atoms with Crippen LogP contribution in [-0.2, 0) is 38.0 Å². The van der Waals surface area contributed by atoms with Crippen LogP contribution in [0.15, 0.2) is 0 Å². The minimum atomic E-state index is -1.73. The van der Waals surface area contributed by atoms with Crippen molar-refractivity contribution in [3.8, 4) is 0 Å². The van der Waals surface area contributed by atoms with Crippen LogP contribution in [0.25, 0.3) is 0 Å². The molecular weight excluding hydrogens is 755 g/mol. The van der Waals surface area contributed by atoms with Gasteiger partial charge in [0.05, 0.1) is 58.7 Å². The van der Waals surface area contributed by atoms with Gasteiger partial charge in [0.1, 0.15) is 23.9 Å². The van der Waals surface area contributed by atoms with Gasteiger partial charge in [0, 0.05) is 40.0 Å². The van der Waals surface area contributed by atoms with Gasteiger partial charge in [-0.05, 0) is 85.0 Å². The molecule has 0 saturated carbocycles. The summed E-state index contributed by atoms with van der Waals surface area (Å²) in [6, 6.07) is -0.377. The Bertz CT molecular complexity index is 1290. The highest BCUT2D eigenvalue weighted by Crippen LogP contribution is 2.42. The van der Waals surface area contributed by atoms with Crippen molar-refractivity contribution < 1.29 is 58.4 Å². The van der Waals surface area contributed by atoms with Crippen LogP contribution in [0.4, 0.5) is 0 Å². The largest absolute Gasteiger partial charge is 0.459 e. The minimum Gasteiger partial charge on any atom is -0.459 e. The van der Waals surface area contributed by atoms with Crippen LogP contribution in [0.2, 0.25) is 0 Å². The van der Waals surface area contributed by atoms with E-state index < -0.39 is 89.9 Å². The molecule has 3 aliphatic rings. The van der Waals surface area contributed by atoms with Gasteiger partial charge in [-0.25, -0.2) is 0 Å². The van der Waals surface area contributed by atoms with Gasteiger partial charge in [-0.3, -0.25) is 4.79 Å². The molecule has 4 N–H and O–H groups in total. The molecule has 18 atom stereocenters. The Kier molecular flexibility index (Phi) is 18.3. The summed E-state index contributed by atoms with van der Waals surface area (Å²) >= 11 is 5.82. The van der Waals surface area contributed by atoms with Gasteiger partial charge in [-0.15, -0.1) is 0 Å². The number of nitrogens with zero attached hydrogens (tertiary/aromatic N) is 1. The Hall–Kier alpha value is -1.04. The van der Waals surface area contributed by atoms with Gasteiger partial charge in [-0.1, -0.05) is 60.2 Å². The van der Waals surface area contributed by atoms with Crippen LogP contribution in [0, 0.1) is 29.6 Å². The molecule has 0 amide bonds. The first-order chi connectivity index (χ1) is 26.4. The molecule has 0 spiro atoms. The summed E-state index contributed by atoms with van der Waals surface area (Å²) in [7, 11) is 5.07. The molecule has 3 heterocycles. The lowest BCUT2D eigenvalue weighted by atomic mass is 9.76. The molecule has 3 saturated heterocycles. The monoisotopic (exact) mass is 834 g/mol. The van der Waals surface area contributed by atoms with Crippen molar-refractivity contribution in [2.24, 2.45) is 29.6 Å². The van der Waals surface area contributed by atoms with Crippen molar-refractivity contribution in [1.29, 1.82) is 0 Å². The summed E-state index contributed by atoms with van der Waals surface area (Å²) in [4.78, 5) is 17.1. The van der Waals surface area contributed by atoms with E-state index >= 15 is 0 Å². The van der Waals surface area contributed by atoms with Crippen molar-refractivity contribution in [3.05, 3.63) is 0 Å². The molecule has 3 fully saturated rings. The van der Waals surface area contributed by atoms with E-state index in [1.165, 1.54) is 14.0 Å². The number of aliphatic hydroxyl groups is 4. The van der Waals surface area contributed by atoms with Gasteiger partial charge in [0.25, 0.3) is 0 Å². The molecule has 0 radical (unpaired) electrons. The second kappa shape index (κ2) is 20.7. The summed E-state index contributed by atoms with van der Waals surface area (Å²) in [6.45, 7) is 22.7. The van der Waals surface area contributed by atoms with E-state index in [1.54, 1.807) is 34.8 Å². The molecular formula is C43H79NO12S. The third kappa shape index (κ3) is 11.9. The molecule has 0 aromatic heterocycles. The predicted molar refractivity (Wildman–Crippen MR) is 221 cm³/mol. The van der Waals surface area contributed by atoms with Gasteiger partial charge >= 0.3 is 5.97 Å². The number of likely N-dealkylation sites (N-methyl/N-ethyl adjacent to an activating group) is 1. The maximum absolute atomic E-state index is 14.4. The SMILES string of the molecule is CC[C@H]1OC(=O)[C@H](C)[C@@H](O[C@H]2C[C@@](C)(OC)[C@@H](O)[C@H](C)O2)[C@H](C)[C@@H](O[C@@H]2O[C@H](C)C[C@H](N(C)C(=S)CC(C)C)[C@H]2O)[C@](C)(OC)C[C@@H](C)CC[C@H](C)[C@@H](O)[C@]1(C)O. The van der Waals surface area contributed by atoms with Crippen LogP contribution in [0.5, 0.6) is 0 Å². The number of rotatable bonds is 10. The quantitative estimate of drug-likeness (QED) is 0.163. The maximum atomic E-state index is 14.4. The Balaban J connectivity index is 2.19. The number of cyclic esters (lactones) is 1. The number of hydrogen-bond donors (Lipinski definition) is 4. The van der Waals surface area contributed by atoms with E-state index in [2.05, 4.69) is 20.8 Å². The topological polar surface area (TPSA) is 166 Å². The molecule has 334 valence electrons. The summed E-state index contributed by atoms with van der Waals surface area (Å²) in [5, 5.41) is 46.3. The molecule has 0 aromatic rings. The summed E-state index contributed by atoms with van der Waals surface area (Å²) in [5.41, 5.74) is -3.75. The lowest BCUT2D eigenvalue weighted by Gasteiger charge is -2.50. The summed E-state index contributed by atoms with van der Waals surface area (Å²) < 4.78 is 44.9. The lowest BCUT2D eigenvalue weighted by molar-refractivity contribution is -0.318. The van der Waals surface area contributed by atoms with Crippen molar-refractivity contribution in [2.75, 3.05) is 21.3 Å². The molecule has 3 rings (SSSR count). The molecule has 0 unspecified atom stereocenters. The number of esters is 1. The number of carbonyl (C=O) groups is 1. The van der Waals surface area contributed by atoms with Crippen LogP contribution in [-0.4, -0.2) is 142 Å². The fourth-order valence-corrected chi connectivity index (χ4v) is 9.86. The Morgan fingerprint density at radius 2 is 1.54 bits per heavy atom. The van der Waals surface area contributed by atoms with Crippen LogP contribution < -0.4 is 0 Å². The predicted octanol–water partition coefficient (Wildman–Crippen LogP) is 5.39. The molecule has 13 nitrogen and oxygen atoms in total. The fourth-order valence-electron chi connectivity index (χ4n) is 9.39. The third-order valence-corrected chi connectivity index (χ3v) is 13.8. The van der Waals surface area contributed by atoms with E-state index in [4.69, 9.17) is 45.4 Å². The van der Waals surface area contributed by atoms with Crippen molar-refractivity contribution in [1.82, 2.24) is 4.90 Å². The first-order valence-corrected chi connectivity index (χ1v) is 21.7. The van der Waals surface area contributed by atoms with Crippen molar-refractivity contribution in [2.45, 2.75) is 212 Å². The molecule has 3 aliphatic heterocycles.